The third kappa shape index (κ3) is 3.00. The van der Waals surface area contributed by atoms with Crippen molar-refractivity contribution in [1.29, 1.82) is 0 Å². The summed E-state index contributed by atoms with van der Waals surface area (Å²) in [5.74, 6) is -0.0943. The van der Waals surface area contributed by atoms with E-state index in [-0.39, 0.29) is 12.3 Å². The topological polar surface area (TPSA) is 42.2 Å². The molecule has 22 heavy (non-hydrogen) atoms. The standard InChI is InChI=1S/C18H16ClNO2/c1-11-6-16-13(10-22-17(16)7-12(11)2)8-18(21)20-15-5-3-4-14(19)9-15/h3-7,9-10H,8H2,1-2H3,(H,20,21). The van der Waals surface area contributed by atoms with Crippen molar-refractivity contribution in [2.45, 2.75) is 20.3 Å². The normalized spacial score (nSPS) is 10.9. The Kier molecular flexibility index (Phi) is 3.90. The molecule has 3 nitrogen and oxygen atoms in total. The lowest BCUT2D eigenvalue weighted by molar-refractivity contribution is -0.115. The van der Waals surface area contributed by atoms with Gasteiger partial charge in [0.05, 0.1) is 12.7 Å². The summed E-state index contributed by atoms with van der Waals surface area (Å²) in [6.07, 6.45) is 1.92. The van der Waals surface area contributed by atoms with Crippen molar-refractivity contribution >= 4 is 34.2 Å². The van der Waals surface area contributed by atoms with Crippen LogP contribution in [0, 0.1) is 13.8 Å². The van der Waals surface area contributed by atoms with Crippen molar-refractivity contribution in [2.24, 2.45) is 0 Å². The predicted molar refractivity (Wildman–Crippen MR) is 89.5 cm³/mol. The van der Waals surface area contributed by atoms with Crippen LogP contribution in [0.5, 0.6) is 0 Å². The number of nitrogens with one attached hydrogen (secondary N) is 1. The first-order valence-corrected chi connectivity index (χ1v) is 7.43. The first kappa shape index (κ1) is 14.7. The zero-order valence-corrected chi connectivity index (χ0v) is 13.2. The molecule has 2 aromatic carbocycles. The number of hydrogen-bond acceptors (Lipinski definition) is 2. The van der Waals surface area contributed by atoms with Gasteiger partial charge in [0.2, 0.25) is 5.91 Å². The van der Waals surface area contributed by atoms with Gasteiger partial charge < -0.3 is 9.73 Å². The zero-order valence-electron chi connectivity index (χ0n) is 12.4. The van der Waals surface area contributed by atoms with E-state index in [4.69, 9.17) is 16.0 Å². The fraction of sp³-hybridized carbons (Fsp3) is 0.167. The molecule has 0 aliphatic heterocycles. The number of carbonyl (C=O) groups is 1. The monoisotopic (exact) mass is 313 g/mol. The molecule has 1 N–H and O–H groups in total. The van der Waals surface area contributed by atoms with Crippen molar-refractivity contribution < 1.29 is 9.21 Å². The SMILES string of the molecule is Cc1cc2occ(CC(=O)Nc3cccc(Cl)c3)c2cc1C. The van der Waals surface area contributed by atoms with Crippen LogP contribution in [0.25, 0.3) is 11.0 Å². The molecule has 0 unspecified atom stereocenters. The minimum absolute atomic E-state index is 0.0943. The molecule has 4 heteroatoms. The molecule has 0 aliphatic rings. The highest BCUT2D eigenvalue weighted by Crippen LogP contribution is 2.25. The quantitative estimate of drug-likeness (QED) is 0.748. The van der Waals surface area contributed by atoms with Gasteiger partial charge in [-0.2, -0.15) is 0 Å². The van der Waals surface area contributed by atoms with Gasteiger partial charge in [0.25, 0.3) is 0 Å². The molecular formula is C18H16ClNO2. The highest BCUT2D eigenvalue weighted by atomic mass is 35.5. The highest BCUT2D eigenvalue weighted by Gasteiger charge is 2.12. The van der Waals surface area contributed by atoms with Crippen LogP contribution in [-0.4, -0.2) is 5.91 Å². The summed E-state index contributed by atoms with van der Waals surface area (Å²) < 4.78 is 5.55. The summed E-state index contributed by atoms with van der Waals surface area (Å²) >= 11 is 5.92. The molecule has 0 fully saturated rings. The summed E-state index contributed by atoms with van der Waals surface area (Å²) in [4.78, 5) is 12.2. The molecule has 112 valence electrons. The Hall–Kier alpha value is -2.26. The van der Waals surface area contributed by atoms with Gasteiger partial charge in [-0.05, 0) is 55.3 Å². The first-order chi connectivity index (χ1) is 10.5. The lowest BCUT2D eigenvalue weighted by Gasteiger charge is -2.05. The number of aryl methyl sites for hydroxylation is 2. The van der Waals surface area contributed by atoms with E-state index in [1.54, 1.807) is 24.5 Å². The fourth-order valence-electron chi connectivity index (χ4n) is 2.42. The van der Waals surface area contributed by atoms with Gasteiger partial charge >= 0.3 is 0 Å². The van der Waals surface area contributed by atoms with E-state index in [1.165, 1.54) is 11.1 Å². The van der Waals surface area contributed by atoms with Crippen LogP contribution in [0.2, 0.25) is 5.02 Å². The fourth-order valence-corrected chi connectivity index (χ4v) is 2.61. The van der Waals surface area contributed by atoms with Crippen molar-refractivity contribution in [1.82, 2.24) is 0 Å². The van der Waals surface area contributed by atoms with E-state index < -0.39 is 0 Å². The maximum absolute atomic E-state index is 12.2. The van der Waals surface area contributed by atoms with Gasteiger partial charge in [0.1, 0.15) is 5.58 Å². The average molecular weight is 314 g/mol. The number of furan rings is 1. The van der Waals surface area contributed by atoms with Crippen molar-refractivity contribution in [3.05, 3.63) is 64.4 Å². The molecule has 0 aliphatic carbocycles. The second-order valence-electron chi connectivity index (χ2n) is 5.43. The molecule has 1 amide bonds. The Balaban J connectivity index is 1.81. The van der Waals surface area contributed by atoms with Gasteiger partial charge in [-0.3, -0.25) is 4.79 Å². The third-order valence-corrected chi connectivity index (χ3v) is 3.96. The van der Waals surface area contributed by atoms with E-state index >= 15 is 0 Å². The lowest BCUT2D eigenvalue weighted by atomic mass is 10.0. The average Bonchev–Trinajstić information content (AvgIpc) is 2.81. The van der Waals surface area contributed by atoms with E-state index in [0.29, 0.717) is 10.7 Å². The van der Waals surface area contributed by atoms with Crippen LogP contribution in [0.1, 0.15) is 16.7 Å². The Morgan fingerprint density at radius 1 is 1.18 bits per heavy atom. The van der Waals surface area contributed by atoms with Gasteiger partial charge in [-0.1, -0.05) is 17.7 Å². The minimum atomic E-state index is -0.0943. The Bertz CT molecular complexity index is 851. The summed E-state index contributed by atoms with van der Waals surface area (Å²) in [6, 6.07) is 11.2. The van der Waals surface area contributed by atoms with Gasteiger partial charge in [-0.25, -0.2) is 0 Å². The van der Waals surface area contributed by atoms with Crippen molar-refractivity contribution in [3.63, 3.8) is 0 Å². The maximum Gasteiger partial charge on any atom is 0.228 e. The lowest BCUT2D eigenvalue weighted by Crippen LogP contribution is -2.14. The summed E-state index contributed by atoms with van der Waals surface area (Å²) in [7, 11) is 0. The molecule has 0 saturated heterocycles. The summed E-state index contributed by atoms with van der Waals surface area (Å²) in [5, 5.41) is 4.43. The molecule has 0 spiro atoms. The third-order valence-electron chi connectivity index (χ3n) is 3.73. The number of halogens is 1. The molecule has 3 aromatic rings. The highest BCUT2D eigenvalue weighted by molar-refractivity contribution is 6.30. The van der Waals surface area contributed by atoms with E-state index in [2.05, 4.69) is 18.3 Å². The number of amides is 1. The molecular weight excluding hydrogens is 298 g/mol. The van der Waals surface area contributed by atoms with Crippen LogP contribution >= 0.6 is 11.6 Å². The second-order valence-corrected chi connectivity index (χ2v) is 5.87. The number of benzene rings is 2. The van der Waals surface area contributed by atoms with E-state index in [0.717, 1.165) is 16.5 Å². The van der Waals surface area contributed by atoms with Crippen LogP contribution in [0.3, 0.4) is 0 Å². The Morgan fingerprint density at radius 2 is 1.95 bits per heavy atom. The van der Waals surface area contributed by atoms with Crippen LogP contribution in [0.4, 0.5) is 5.69 Å². The molecule has 0 radical (unpaired) electrons. The molecule has 3 rings (SSSR count). The molecule has 0 bridgehead atoms. The predicted octanol–water partition coefficient (Wildman–Crippen LogP) is 4.88. The van der Waals surface area contributed by atoms with Gasteiger partial charge in [0, 0.05) is 21.7 Å². The summed E-state index contributed by atoms with van der Waals surface area (Å²) in [5.41, 5.74) is 4.76. The van der Waals surface area contributed by atoms with Gasteiger partial charge in [0.15, 0.2) is 0 Å². The number of hydrogen-bond donors (Lipinski definition) is 1. The second kappa shape index (κ2) is 5.85. The van der Waals surface area contributed by atoms with Gasteiger partial charge in [-0.15, -0.1) is 0 Å². The van der Waals surface area contributed by atoms with Crippen LogP contribution in [0.15, 0.2) is 47.1 Å². The Labute approximate surface area is 133 Å². The number of fused-ring (bicyclic) bond motifs is 1. The van der Waals surface area contributed by atoms with E-state index in [1.807, 2.05) is 19.1 Å². The molecule has 0 saturated carbocycles. The number of rotatable bonds is 3. The number of carbonyl (C=O) groups excluding carboxylic acids is 1. The van der Waals surface area contributed by atoms with Crippen LogP contribution < -0.4 is 5.32 Å². The molecule has 0 atom stereocenters. The summed E-state index contributed by atoms with van der Waals surface area (Å²) in [6.45, 7) is 4.10. The number of anilines is 1. The smallest absolute Gasteiger partial charge is 0.228 e. The first-order valence-electron chi connectivity index (χ1n) is 7.05. The van der Waals surface area contributed by atoms with Crippen molar-refractivity contribution in [2.75, 3.05) is 5.32 Å². The zero-order chi connectivity index (χ0) is 15.7. The minimum Gasteiger partial charge on any atom is -0.464 e. The largest absolute Gasteiger partial charge is 0.464 e. The molecule has 1 aromatic heterocycles. The maximum atomic E-state index is 12.2. The van der Waals surface area contributed by atoms with Crippen molar-refractivity contribution in [3.8, 4) is 0 Å². The van der Waals surface area contributed by atoms with E-state index in [9.17, 15) is 4.79 Å². The Morgan fingerprint density at radius 3 is 2.73 bits per heavy atom. The molecule has 1 heterocycles. The van der Waals surface area contributed by atoms with Crippen LogP contribution in [-0.2, 0) is 11.2 Å².